The predicted molar refractivity (Wildman–Crippen MR) is 132 cm³/mol. The van der Waals surface area contributed by atoms with Gasteiger partial charge in [-0.3, -0.25) is 28.7 Å². The largest absolute Gasteiger partial charge is 0.493 e. The van der Waals surface area contributed by atoms with Crippen molar-refractivity contribution in [1.29, 1.82) is 0 Å². The van der Waals surface area contributed by atoms with E-state index in [0.29, 0.717) is 29.4 Å². The standard InChI is InChI=1S/C23H26N6O6/c1-5-6-9-35-12-8-7-11(10-13(12)34-4)17-14(15-18(24)28(2)22(32)26-20(15)30)16-19(25-17)29(3)23(33)27-21(16)31/h7-8,10,25H,5-6,9,24H2,1-4H3,(H,26,30,32)(H,27,31,33). The predicted octanol–water partition coefficient (Wildman–Crippen LogP) is 1.05. The van der Waals surface area contributed by atoms with Crippen molar-refractivity contribution in [3.63, 3.8) is 0 Å². The number of aromatic nitrogens is 5. The second-order valence-electron chi connectivity index (χ2n) is 8.06. The number of unbranched alkanes of at least 4 members (excludes halogenated alkanes) is 1. The Bertz CT molecular complexity index is 1670. The molecule has 0 saturated carbocycles. The van der Waals surface area contributed by atoms with Gasteiger partial charge in [-0.25, -0.2) is 9.59 Å². The zero-order valence-corrected chi connectivity index (χ0v) is 19.8. The zero-order chi connectivity index (χ0) is 25.4. The normalized spacial score (nSPS) is 11.2. The van der Waals surface area contributed by atoms with Crippen LogP contribution in [0.3, 0.4) is 0 Å². The molecule has 4 rings (SSSR count). The van der Waals surface area contributed by atoms with Crippen molar-refractivity contribution >= 4 is 16.9 Å². The maximum Gasteiger partial charge on any atom is 0.329 e. The van der Waals surface area contributed by atoms with E-state index >= 15 is 0 Å². The number of nitrogen functional groups attached to an aromatic ring is 1. The molecular weight excluding hydrogens is 456 g/mol. The highest BCUT2D eigenvalue weighted by Gasteiger charge is 2.26. The molecular formula is C23H26N6O6. The molecule has 1 aromatic carbocycles. The number of fused-ring (bicyclic) bond motifs is 1. The number of nitrogens with zero attached hydrogens (tertiary/aromatic N) is 2. The number of anilines is 1. The third-order valence-electron chi connectivity index (χ3n) is 5.90. The first-order valence-electron chi connectivity index (χ1n) is 10.9. The minimum atomic E-state index is -0.771. The van der Waals surface area contributed by atoms with Gasteiger partial charge in [-0.1, -0.05) is 13.3 Å². The van der Waals surface area contributed by atoms with Gasteiger partial charge in [0, 0.05) is 25.2 Å². The Labute approximate surface area is 198 Å². The summed E-state index contributed by atoms with van der Waals surface area (Å²) >= 11 is 0. The number of rotatable bonds is 7. The molecule has 12 nitrogen and oxygen atoms in total. The van der Waals surface area contributed by atoms with Gasteiger partial charge in [-0.15, -0.1) is 0 Å². The fourth-order valence-corrected chi connectivity index (χ4v) is 3.92. The van der Waals surface area contributed by atoms with E-state index in [0.717, 1.165) is 17.4 Å². The van der Waals surface area contributed by atoms with E-state index in [-0.39, 0.29) is 28.0 Å². The van der Waals surface area contributed by atoms with Crippen LogP contribution in [0.1, 0.15) is 19.8 Å². The van der Waals surface area contributed by atoms with Crippen LogP contribution >= 0.6 is 0 Å². The number of nitrogens with one attached hydrogen (secondary N) is 3. The molecule has 0 bridgehead atoms. The molecule has 3 aromatic heterocycles. The number of benzene rings is 1. The van der Waals surface area contributed by atoms with E-state index in [1.54, 1.807) is 18.2 Å². The number of hydrogen-bond donors (Lipinski definition) is 4. The zero-order valence-electron chi connectivity index (χ0n) is 19.8. The monoisotopic (exact) mass is 482 g/mol. The lowest BCUT2D eigenvalue weighted by molar-refractivity contribution is 0.288. The van der Waals surface area contributed by atoms with Crippen molar-refractivity contribution in [2.75, 3.05) is 19.5 Å². The van der Waals surface area contributed by atoms with Gasteiger partial charge in [0.2, 0.25) is 0 Å². The lowest BCUT2D eigenvalue weighted by Gasteiger charge is -2.13. The van der Waals surface area contributed by atoms with E-state index < -0.39 is 22.5 Å². The Morgan fingerprint density at radius 1 is 0.914 bits per heavy atom. The lowest BCUT2D eigenvalue weighted by atomic mass is 10.00. The van der Waals surface area contributed by atoms with Gasteiger partial charge in [0.15, 0.2) is 11.5 Å². The van der Waals surface area contributed by atoms with Crippen LogP contribution in [0.5, 0.6) is 11.5 Å². The van der Waals surface area contributed by atoms with Crippen molar-refractivity contribution in [1.82, 2.24) is 24.1 Å². The molecule has 0 aliphatic carbocycles. The highest BCUT2D eigenvalue weighted by atomic mass is 16.5. The molecule has 0 aliphatic rings. The molecule has 4 aromatic rings. The summed E-state index contributed by atoms with van der Waals surface area (Å²) in [7, 11) is 4.38. The van der Waals surface area contributed by atoms with Crippen molar-refractivity contribution in [2.24, 2.45) is 14.1 Å². The van der Waals surface area contributed by atoms with Gasteiger partial charge in [0.05, 0.1) is 30.4 Å². The summed E-state index contributed by atoms with van der Waals surface area (Å²) in [4.78, 5) is 57.8. The Morgan fingerprint density at radius 2 is 1.60 bits per heavy atom. The minimum Gasteiger partial charge on any atom is -0.493 e. The molecule has 35 heavy (non-hydrogen) atoms. The van der Waals surface area contributed by atoms with E-state index in [1.165, 1.54) is 25.8 Å². The summed E-state index contributed by atoms with van der Waals surface area (Å²) < 4.78 is 13.6. The van der Waals surface area contributed by atoms with Gasteiger partial charge in [0.25, 0.3) is 11.1 Å². The highest BCUT2D eigenvalue weighted by molar-refractivity contribution is 6.04. The number of ether oxygens (including phenoxy) is 2. The Morgan fingerprint density at radius 3 is 2.29 bits per heavy atom. The fraction of sp³-hybridized carbons (Fsp3) is 0.304. The summed E-state index contributed by atoms with van der Waals surface area (Å²) in [5.41, 5.74) is 4.48. The molecule has 0 unspecified atom stereocenters. The Kier molecular flexibility index (Phi) is 6.12. The molecule has 0 saturated heterocycles. The van der Waals surface area contributed by atoms with Crippen LogP contribution in [-0.2, 0) is 14.1 Å². The van der Waals surface area contributed by atoms with Gasteiger partial charge in [0.1, 0.15) is 11.5 Å². The van der Waals surface area contributed by atoms with E-state index in [9.17, 15) is 19.2 Å². The SMILES string of the molecule is CCCCOc1ccc(-c2[nH]c3c(c2-c2c(N)n(C)c(=O)[nH]c2=O)c(=O)[nH]c(=O)n3C)cc1OC. The highest BCUT2D eigenvalue weighted by Crippen LogP contribution is 2.40. The average Bonchev–Trinajstić information content (AvgIpc) is 3.22. The third-order valence-corrected chi connectivity index (χ3v) is 5.90. The number of nitrogens with two attached hydrogens (primary N) is 1. The first-order valence-corrected chi connectivity index (χ1v) is 10.9. The maximum absolute atomic E-state index is 12.9. The summed E-state index contributed by atoms with van der Waals surface area (Å²) in [6.45, 7) is 2.58. The van der Waals surface area contributed by atoms with Crippen LogP contribution in [0.2, 0.25) is 0 Å². The number of aromatic amines is 3. The summed E-state index contributed by atoms with van der Waals surface area (Å²) in [6.07, 6.45) is 1.85. The number of methoxy groups -OCH3 is 1. The molecule has 12 heteroatoms. The van der Waals surface area contributed by atoms with E-state index in [4.69, 9.17) is 15.2 Å². The second-order valence-corrected chi connectivity index (χ2v) is 8.06. The van der Waals surface area contributed by atoms with Crippen LogP contribution in [0.15, 0.2) is 37.4 Å². The van der Waals surface area contributed by atoms with Gasteiger partial charge in [-0.2, -0.15) is 0 Å². The number of hydrogen-bond acceptors (Lipinski definition) is 7. The molecule has 0 amide bonds. The van der Waals surface area contributed by atoms with Crippen LogP contribution < -0.4 is 37.7 Å². The Balaban J connectivity index is 2.09. The molecule has 3 heterocycles. The summed E-state index contributed by atoms with van der Waals surface area (Å²) in [6, 6.07) is 5.14. The first kappa shape index (κ1) is 23.7. The number of H-pyrrole nitrogens is 3. The van der Waals surface area contributed by atoms with Gasteiger partial charge < -0.3 is 20.2 Å². The molecule has 0 fully saturated rings. The van der Waals surface area contributed by atoms with Crippen molar-refractivity contribution < 1.29 is 9.47 Å². The fourth-order valence-electron chi connectivity index (χ4n) is 3.92. The van der Waals surface area contributed by atoms with Crippen LogP contribution in [0.25, 0.3) is 33.4 Å². The third kappa shape index (κ3) is 3.92. The number of aryl methyl sites for hydroxylation is 1. The minimum absolute atomic E-state index is 0.0418. The van der Waals surface area contributed by atoms with Crippen molar-refractivity contribution in [3.8, 4) is 33.9 Å². The lowest BCUT2D eigenvalue weighted by Crippen LogP contribution is -2.32. The van der Waals surface area contributed by atoms with Crippen LogP contribution in [0, 0.1) is 0 Å². The van der Waals surface area contributed by atoms with Crippen molar-refractivity contribution in [3.05, 3.63) is 59.9 Å². The van der Waals surface area contributed by atoms with E-state index in [2.05, 4.69) is 21.9 Å². The van der Waals surface area contributed by atoms with Gasteiger partial charge >= 0.3 is 11.4 Å². The van der Waals surface area contributed by atoms with Crippen LogP contribution in [-0.4, -0.2) is 37.8 Å². The topological polar surface area (TPSA) is 170 Å². The molecule has 0 spiro atoms. The first-order chi connectivity index (χ1) is 16.7. The van der Waals surface area contributed by atoms with Gasteiger partial charge in [-0.05, 0) is 24.6 Å². The van der Waals surface area contributed by atoms with Crippen LogP contribution in [0.4, 0.5) is 5.82 Å². The summed E-state index contributed by atoms with van der Waals surface area (Å²) in [5, 5.41) is 0.0418. The van der Waals surface area contributed by atoms with Crippen molar-refractivity contribution in [2.45, 2.75) is 19.8 Å². The van der Waals surface area contributed by atoms with E-state index in [1.807, 2.05) is 0 Å². The summed E-state index contributed by atoms with van der Waals surface area (Å²) in [5.74, 6) is 0.834. The Hall–Kier alpha value is -4.48. The quantitative estimate of drug-likeness (QED) is 0.285. The average molecular weight is 482 g/mol. The molecule has 184 valence electrons. The maximum atomic E-state index is 12.9. The smallest absolute Gasteiger partial charge is 0.329 e. The molecule has 0 aliphatic heterocycles. The molecule has 0 radical (unpaired) electrons. The second kappa shape index (κ2) is 9.05. The molecule has 0 atom stereocenters. The molecule has 5 N–H and O–H groups in total.